The smallest absolute Gasteiger partial charge is 0.258 e. The number of nitrogens with one attached hydrogen (secondary N) is 2. The molecular formula is C29H42N4O6. The Balaban J connectivity index is 1.37. The van der Waals surface area contributed by atoms with E-state index in [9.17, 15) is 14.4 Å². The molecule has 3 saturated heterocycles. The number of carbonyl (C=O) groups excluding carboxylic acids is 3. The minimum atomic E-state index is -0.656. The number of amides is 3. The Bertz CT molecular complexity index is 1050. The van der Waals surface area contributed by atoms with Gasteiger partial charge in [-0.05, 0) is 30.4 Å². The summed E-state index contributed by atoms with van der Waals surface area (Å²) in [6.07, 6.45) is 2.19. The molecule has 1 aromatic rings. The number of nitrogens with zero attached hydrogens (tertiary/aromatic N) is 2. The lowest BCUT2D eigenvalue weighted by atomic mass is 9.91. The first-order chi connectivity index (χ1) is 18.7. The van der Waals surface area contributed by atoms with Gasteiger partial charge in [-0.2, -0.15) is 0 Å². The molecule has 2 bridgehead atoms. The second-order valence-electron chi connectivity index (χ2n) is 12.4. The Morgan fingerprint density at radius 2 is 1.90 bits per heavy atom. The predicted molar refractivity (Wildman–Crippen MR) is 144 cm³/mol. The molecule has 0 saturated carbocycles. The van der Waals surface area contributed by atoms with E-state index in [-0.39, 0.29) is 54.0 Å². The fraction of sp³-hybridized carbons (Fsp3) is 0.690. The zero-order chi connectivity index (χ0) is 27.6. The molecule has 5 rings (SSSR count). The van der Waals surface area contributed by atoms with Crippen molar-refractivity contribution in [3.63, 3.8) is 0 Å². The minimum Gasteiger partial charge on any atom is -0.493 e. The average molecular weight is 543 g/mol. The van der Waals surface area contributed by atoms with E-state index in [2.05, 4.69) is 15.5 Å². The molecule has 4 heterocycles. The number of para-hydroxylation sites is 1. The number of piperazine rings is 1. The van der Waals surface area contributed by atoms with Crippen molar-refractivity contribution in [1.29, 1.82) is 0 Å². The van der Waals surface area contributed by atoms with Crippen LogP contribution in [0.25, 0.3) is 0 Å². The Morgan fingerprint density at radius 3 is 2.64 bits per heavy atom. The molecule has 39 heavy (non-hydrogen) atoms. The van der Waals surface area contributed by atoms with Gasteiger partial charge in [-0.15, -0.1) is 0 Å². The molecule has 0 spiro atoms. The second kappa shape index (κ2) is 11.8. The quantitative estimate of drug-likeness (QED) is 0.597. The molecule has 0 aromatic heterocycles. The molecule has 4 atom stereocenters. The summed E-state index contributed by atoms with van der Waals surface area (Å²) in [4.78, 5) is 44.1. The SMILES string of the molecule is CC(C)(C)CC(=O)N[C@@H]1CC[C@H]2CCOc3ccccc3C(=O)N3CCN(C4COC4)C[C@H]3C(=O)NC[C@H]1O2. The van der Waals surface area contributed by atoms with Crippen LogP contribution in [-0.2, 0) is 19.1 Å². The van der Waals surface area contributed by atoms with Crippen LogP contribution in [0, 0.1) is 5.41 Å². The summed E-state index contributed by atoms with van der Waals surface area (Å²) in [5.74, 6) is 0.0983. The zero-order valence-corrected chi connectivity index (χ0v) is 23.3. The molecule has 2 N–H and O–H groups in total. The van der Waals surface area contributed by atoms with E-state index in [1.165, 1.54) is 0 Å². The number of fused-ring (bicyclic) bond motifs is 4. The van der Waals surface area contributed by atoms with E-state index in [1.807, 2.05) is 32.9 Å². The van der Waals surface area contributed by atoms with Gasteiger partial charge in [0.1, 0.15) is 11.8 Å². The van der Waals surface area contributed by atoms with E-state index in [0.29, 0.717) is 63.6 Å². The van der Waals surface area contributed by atoms with Gasteiger partial charge >= 0.3 is 0 Å². The van der Waals surface area contributed by atoms with Crippen molar-refractivity contribution in [3.05, 3.63) is 29.8 Å². The third-order valence-corrected chi connectivity index (χ3v) is 8.06. The van der Waals surface area contributed by atoms with Gasteiger partial charge < -0.3 is 29.7 Å². The van der Waals surface area contributed by atoms with E-state index < -0.39 is 6.04 Å². The summed E-state index contributed by atoms with van der Waals surface area (Å²) < 4.78 is 17.9. The first-order valence-electron chi connectivity index (χ1n) is 14.2. The van der Waals surface area contributed by atoms with Crippen LogP contribution in [-0.4, -0.2) is 104 Å². The van der Waals surface area contributed by atoms with Gasteiger partial charge in [0.25, 0.3) is 5.91 Å². The summed E-state index contributed by atoms with van der Waals surface area (Å²) in [6, 6.07) is 6.66. The molecule has 3 fully saturated rings. The first kappa shape index (κ1) is 27.9. The highest BCUT2D eigenvalue weighted by Crippen LogP contribution is 2.27. The molecule has 0 aliphatic carbocycles. The maximum atomic E-state index is 13.8. The van der Waals surface area contributed by atoms with Crippen LogP contribution in [0.5, 0.6) is 5.75 Å². The highest BCUT2D eigenvalue weighted by atomic mass is 16.5. The monoisotopic (exact) mass is 542 g/mol. The van der Waals surface area contributed by atoms with Gasteiger partial charge in [0.05, 0.1) is 49.7 Å². The Kier molecular flexibility index (Phi) is 8.44. The van der Waals surface area contributed by atoms with Crippen LogP contribution in [0.15, 0.2) is 24.3 Å². The second-order valence-corrected chi connectivity index (χ2v) is 12.4. The first-order valence-corrected chi connectivity index (χ1v) is 14.2. The summed E-state index contributed by atoms with van der Waals surface area (Å²) in [6.45, 7) is 9.64. The molecule has 0 radical (unpaired) electrons. The molecule has 10 nitrogen and oxygen atoms in total. The van der Waals surface area contributed by atoms with Crippen molar-refractivity contribution in [3.8, 4) is 5.75 Å². The van der Waals surface area contributed by atoms with Gasteiger partial charge in [0.15, 0.2) is 0 Å². The summed E-state index contributed by atoms with van der Waals surface area (Å²) in [5, 5.41) is 6.25. The van der Waals surface area contributed by atoms with Gasteiger partial charge in [-0.1, -0.05) is 32.9 Å². The van der Waals surface area contributed by atoms with Crippen LogP contribution in [0.4, 0.5) is 0 Å². The third-order valence-electron chi connectivity index (χ3n) is 8.06. The highest BCUT2D eigenvalue weighted by Gasteiger charge is 2.41. The number of rotatable bonds is 3. The summed E-state index contributed by atoms with van der Waals surface area (Å²) in [5.41, 5.74) is 0.346. The Labute approximate surface area is 230 Å². The van der Waals surface area contributed by atoms with Crippen molar-refractivity contribution in [2.24, 2.45) is 5.41 Å². The lowest BCUT2D eigenvalue weighted by Crippen LogP contribution is -2.65. The third kappa shape index (κ3) is 6.73. The molecule has 10 heteroatoms. The van der Waals surface area contributed by atoms with Crippen molar-refractivity contribution >= 4 is 17.7 Å². The number of benzene rings is 1. The van der Waals surface area contributed by atoms with E-state index in [0.717, 1.165) is 12.8 Å². The number of hydrogen-bond acceptors (Lipinski definition) is 7. The maximum absolute atomic E-state index is 13.8. The van der Waals surface area contributed by atoms with Crippen LogP contribution < -0.4 is 15.4 Å². The van der Waals surface area contributed by atoms with Gasteiger partial charge in [-0.3, -0.25) is 19.3 Å². The van der Waals surface area contributed by atoms with Gasteiger partial charge in [-0.25, -0.2) is 0 Å². The van der Waals surface area contributed by atoms with Gasteiger partial charge in [0.2, 0.25) is 11.8 Å². The Hall–Kier alpha value is -2.69. The van der Waals surface area contributed by atoms with Crippen molar-refractivity contribution in [2.45, 2.75) is 76.8 Å². The molecule has 4 aliphatic heterocycles. The molecule has 214 valence electrons. The summed E-state index contributed by atoms with van der Waals surface area (Å²) >= 11 is 0. The van der Waals surface area contributed by atoms with Crippen molar-refractivity contribution in [2.75, 3.05) is 46.0 Å². The zero-order valence-electron chi connectivity index (χ0n) is 23.3. The molecule has 3 amide bonds. The number of ether oxygens (including phenoxy) is 3. The molecule has 4 aliphatic rings. The predicted octanol–water partition coefficient (Wildman–Crippen LogP) is 1.58. The molecule has 0 unspecified atom stereocenters. The van der Waals surface area contributed by atoms with Crippen molar-refractivity contribution < 1.29 is 28.6 Å². The van der Waals surface area contributed by atoms with E-state index in [4.69, 9.17) is 14.2 Å². The highest BCUT2D eigenvalue weighted by molar-refractivity contribution is 6.00. The van der Waals surface area contributed by atoms with E-state index >= 15 is 0 Å². The van der Waals surface area contributed by atoms with E-state index in [1.54, 1.807) is 17.0 Å². The van der Waals surface area contributed by atoms with Crippen molar-refractivity contribution in [1.82, 2.24) is 20.4 Å². The fourth-order valence-electron chi connectivity index (χ4n) is 5.85. The average Bonchev–Trinajstić information content (AvgIpc) is 2.85. The number of hydrogen-bond donors (Lipinski definition) is 2. The molecular weight excluding hydrogens is 500 g/mol. The summed E-state index contributed by atoms with van der Waals surface area (Å²) in [7, 11) is 0. The minimum absolute atomic E-state index is 0.0115. The lowest BCUT2D eigenvalue weighted by molar-refractivity contribution is -0.134. The van der Waals surface area contributed by atoms with Crippen LogP contribution in [0.3, 0.4) is 0 Å². The molecule has 1 aromatic carbocycles. The maximum Gasteiger partial charge on any atom is 0.258 e. The van der Waals surface area contributed by atoms with Crippen LogP contribution >= 0.6 is 0 Å². The Morgan fingerprint density at radius 1 is 1.10 bits per heavy atom. The largest absolute Gasteiger partial charge is 0.493 e. The fourth-order valence-corrected chi connectivity index (χ4v) is 5.85. The normalized spacial score (nSPS) is 29.2. The number of carbonyl (C=O) groups is 3. The van der Waals surface area contributed by atoms with Gasteiger partial charge in [0, 0.05) is 39.0 Å². The standard InChI is InChI=1S/C29H42N4O6/c1-29(2,3)14-26(34)31-22-9-8-20-10-13-38-24-7-5-4-6-21(24)28(36)33-12-11-32(19-17-37-18-19)16-23(33)27(35)30-15-25(22)39-20/h4-7,19-20,22-23,25H,8-18H2,1-3H3,(H,30,35)(H,31,34)/t20-,22+,23-,25+/m0/s1. The van der Waals surface area contributed by atoms with Crippen LogP contribution in [0.1, 0.15) is 56.8 Å². The van der Waals surface area contributed by atoms with Crippen LogP contribution in [0.2, 0.25) is 0 Å². The lowest BCUT2D eigenvalue weighted by Gasteiger charge is -2.46. The topological polar surface area (TPSA) is 109 Å².